The van der Waals surface area contributed by atoms with E-state index in [4.69, 9.17) is 5.26 Å². The van der Waals surface area contributed by atoms with Gasteiger partial charge in [0.05, 0.1) is 17.2 Å². The summed E-state index contributed by atoms with van der Waals surface area (Å²) in [5.74, 6) is 0. The van der Waals surface area contributed by atoms with Gasteiger partial charge in [0.25, 0.3) is 0 Å². The first kappa shape index (κ1) is 13.4. The number of hydrogen-bond donors (Lipinski definition) is 1. The summed E-state index contributed by atoms with van der Waals surface area (Å²) in [6.07, 6.45) is -3.69. The minimum atomic E-state index is -4.50. The summed E-state index contributed by atoms with van der Waals surface area (Å²) < 4.78 is 38.0. The molecular weight excluding hydrogens is 229 g/mol. The summed E-state index contributed by atoms with van der Waals surface area (Å²) in [6, 6.07) is 5.29. The molecule has 17 heavy (non-hydrogen) atoms. The average molecular weight is 242 g/mol. The van der Waals surface area contributed by atoms with E-state index >= 15 is 0 Å². The smallest absolute Gasteiger partial charge is 0.383 e. The van der Waals surface area contributed by atoms with E-state index in [1.807, 2.05) is 13.8 Å². The van der Waals surface area contributed by atoms with Crippen molar-refractivity contribution in [1.82, 2.24) is 0 Å². The largest absolute Gasteiger partial charge is 0.417 e. The van der Waals surface area contributed by atoms with Gasteiger partial charge in [0, 0.05) is 11.7 Å². The van der Waals surface area contributed by atoms with E-state index in [-0.39, 0.29) is 11.6 Å². The van der Waals surface area contributed by atoms with Crippen LogP contribution in [0.2, 0.25) is 0 Å². The highest BCUT2D eigenvalue weighted by Crippen LogP contribution is 2.33. The van der Waals surface area contributed by atoms with Crippen LogP contribution in [-0.4, -0.2) is 6.04 Å². The molecule has 0 amide bonds. The normalized spacial score (nSPS) is 12.9. The number of nitrogens with zero attached hydrogens (tertiary/aromatic N) is 1. The molecule has 1 aromatic rings. The van der Waals surface area contributed by atoms with Crippen LogP contribution in [0, 0.1) is 11.3 Å². The molecule has 2 nitrogen and oxygen atoms in total. The number of halogens is 3. The first-order valence-electron chi connectivity index (χ1n) is 5.26. The maximum Gasteiger partial charge on any atom is 0.417 e. The Bertz CT molecular complexity index is 432. The van der Waals surface area contributed by atoms with Gasteiger partial charge in [0.15, 0.2) is 0 Å². The highest BCUT2D eigenvalue weighted by atomic mass is 19.4. The lowest BCUT2D eigenvalue weighted by molar-refractivity contribution is -0.137. The zero-order valence-corrected chi connectivity index (χ0v) is 9.60. The van der Waals surface area contributed by atoms with Crippen LogP contribution >= 0.6 is 0 Å². The molecule has 0 saturated carbocycles. The fraction of sp³-hybridized carbons (Fsp3) is 0.417. The topological polar surface area (TPSA) is 35.8 Å². The van der Waals surface area contributed by atoms with Crippen molar-refractivity contribution >= 4 is 5.69 Å². The molecule has 1 N–H and O–H groups in total. The fourth-order valence-electron chi connectivity index (χ4n) is 1.35. The third-order valence-electron chi connectivity index (χ3n) is 2.47. The number of nitrogens with one attached hydrogen (secondary N) is 1. The average Bonchev–Trinajstić information content (AvgIpc) is 2.27. The van der Waals surface area contributed by atoms with Crippen molar-refractivity contribution in [1.29, 1.82) is 5.26 Å². The van der Waals surface area contributed by atoms with E-state index < -0.39 is 11.7 Å². The monoisotopic (exact) mass is 242 g/mol. The van der Waals surface area contributed by atoms with Crippen LogP contribution in [-0.2, 0) is 6.18 Å². The Hall–Kier alpha value is -1.70. The van der Waals surface area contributed by atoms with Crippen molar-refractivity contribution in [2.24, 2.45) is 0 Å². The van der Waals surface area contributed by atoms with Crippen LogP contribution in [0.15, 0.2) is 18.2 Å². The van der Waals surface area contributed by atoms with Crippen molar-refractivity contribution in [2.75, 3.05) is 5.32 Å². The lowest BCUT2D eigenvalue weighted by atomic mass is 10.1. The second-order valence-corrected chi connectivity index (χ2v) is 3.82. The predicted molar refractivity (Wildman–Crippen MR) is 59.5 cm³/mol. The van der Waals surface area contributed by atoms with Crippen molar-refractivity contribution < 1.29 is 13.2 Å². The van der Waals surface area contributed by atoms with Crippen LogP contribution in [0.1, 0.15) is 31.4 Å². The fourth-order valence-corrected chi connectivity index (χ4v) is 1.35. The molecule has 0 bridgehead atoms. The summed E-state index contributed by atoms with van der Waals surface area (Å²) in [7, 11) is 0. The molecule has 0 fully saturated rings. The summed E-state index contributed by atoms with van der Waals surface area (Å²) in [5, 5.41) is 11.6. The van der Waals surface area contributed by atoms with Gasteiger partial charge < -0.3 is 5.32 Å². The van der Waals surface area contributed by atoms with Crippen LogP contribution in [0.25, 0.3) is 0 Å². The Labute approximate surface area is 98.1 Å². The van der Waals surface area contributed by atoms with Gasteiger partial charge >= 0.3 is 6.18 Å². The van der Waals surface area contributed by atoms with Gasteiger partial charge in [-0.3, -0.25) is 0 Å². The number of rotatable bonds is 3. The number of hydrogen-bond acceptors (Lipinski definition) is 2. The standard InChI is InChI=1S/C12H13F3N2/c1-3-8(2)17-10-5-4-9(7-16)11(6-10)12(13,14)15/h4-6,8,17H,3H2,1-2H3/t8-/m0/s1. The summed E-state index contributed by atoms with van der Waals surface area (Å²) >= 11 is 0. The quantitative estimate of drug-likeness (QED) is 0.875. The molecule has 0 aliphatic heterocycles. The van der Waals surface area contributed by atoms with Crippen molar-refractivity contribution in [3.05, 3.63) is 29.3 Å². The maximum absolute atomic E-state index is 12.7. The number of benzene rings is 1. The van der Waals surface area contributed by atoms with E-state index in [9.17, 15) is 13.2 Å². The highest BCUT2D eigenvalue weighted by molar-refractivity contribution is 5.53. The number of alkyl halides is 3. The van der Waals surface area contributed by atoms with E-state index in [0.717, 1.165) is 12.5 Å². The third kappa shape index (κ3) is 3.38. The molecule has 1 rings (SSSR count). The Kier molecular flexibility index (Phi) is 4.00. The van der Waals surface area contributed by atoms with Crippen LogP contribution < -0.4 is 5.32 Å². The van der Waals surface area contributed by atoms with Gasteiger partial charge in [-0.25, -0.2) is 0 Å². The Morgan fingerprint density at radius 2 is 2.06 bits per heavy atom. The molecule has 0 spiro atoms. The van der Waals surface area contributed by atoms with E-state index in [1.54, 1.807) is 6.07 Å². The van der Waals surface area contributed by atoms with Crippen molar-refractivity contribution in [3.63, 3.8) is 0 Å². The molecule has 1 atom stereocenters. The van der Waals surface area contributed by atoms with Crippen LogP contribution in [0.3, 0.4) is 0 Å². The van der Waals surface area contributed by atoms with Gasteiger partial charge in [-0.15, -0.1) is 0 Å². The Morgan fingerprint density at radius 3 is 2.53 bits per heavy atom. The molecule has 5 heteroatoms. The highest BCUT2D eigenvalue weighted by Gasteiger charge is 2.33. The summed E-state index contributed by atoms with van der Waals surface area (Å²) in [4.78, 5) is 0. The Morgan fingerprint density at radius 1 is 1.41 bits per heavy atom. The molecule has 92 valence electrons. The lowest BCUT2D eigenvalue weighted by Crippen LogP contribution is -2.15. The first-order chi connectivity index (χ1) is 7.88. The number of anilines is 1. The van der Waals surface area contributed by atoms with Gasteiger partial charge in [-0.05, 0) is 31.5 Å². The van der Waals surface area contributed by atoms with E-state index in [1.165, 1.54) is 12.1 Å². The molecule has 0 heterocycles. The SMILES string of the molecule is CC[C@H](C)Nc1ccc(C#N)c(C(F)(F)F)c1. The number of nitriles is 1. The molecule has 0 unspecified atom stereocenters. The van der Waals surface area contributed by atoms with Crippen LogP contribution in [0.4, 0.5) is 18.9 Å². The molecule has 0 saturated heterocycles. The summed E-state index contributed by atoms with van der Waals surface area (Å²) in [6.45, 7) is 3.82. The molecule has 0 aliphatic carbocycles. The summed E-state index contributed by atoms with van der Waals surface area (Å²) in [5.41, 5.74) is -0.869. The van der Waals surface area contributed by atoms with E-state index in [0.29, 0.717) is 5.69 Å². The minimum absolute atomic E-state index is 0.0871. The van der Waals surface area contributed by atoms with Gasteiger partial charge in [-0.1, -0.05) is 6.92 Å². The van der Waals surface area contributed by atoms with Crippen molar-refractivity contribution in [3.8, 4) is 6.07 Å². The van der Waals surface area contributed by atoms with Gasteiger partial charge in [0.2, 0.25) is 0 Å². The van der Waals surface area contributed by atoms with E-state index in [2.05, 4.69) is 5.32 Å². The first-order valence-corrected chi connectivity index (χ1v) is 5.26. The second-order valence-electron chi connectivity index (χ2n) is 3.82. The molecule has 1 aromatic carbocycles. The third-order valence-corrected chi connectivity index (χ3v) is 2.47. The molecular formula is C12H13F3N2. The zero-order chi connectivity index (χ0) is 13.1. The van der Waals surface area contributed by atoms with Crippen LogP contribution in [0.5, 0.6) is 0 Å². The molecule has 0 aromatic heterocycles. The van der Waals surface area contributed by atoms with Crippen molar-refractivity contribution in [2.45, 2.75) is 32.5 Å². The maximum atomic E-state index is 12.7. The van der Waals surface area contributed by atoms with Gasteiger partial charge in [0.1, 0.15) is 0 Å². The predicted octanol–water partition coefficient (Wildman–Crippen LogP) is 3.79. The Balaban J connectivity index is 3.11. The molecule has 0 aliphatic rings. The minimum Gasteiger partial charge on any atom is -0.383 e. The van der Waals surface area contributed by atoms with Gasteiger partial charge in [-0.2, -0.15) is 18.4 Å². The lowest BCUT2D eigenvalue weighted by Gasteiger charge is -2.15. The molecule has 0 radical (unpaired) electrons. The zero-order valence-electron chi connectivity index (χ0n) is 9.60. The second kappa shape index (κ2) is 5.09.